The Morgan fingerprint density at radius 3 is 1.50 bits per heavy atom. The van der Waals surface area contributed by atoms with E-state index in [0.29, 0.717) is 0 Å². The molecule has 1 atom stereocenters. The van der Waals surface area contributed by atoms with Crippen molar-refractivity contribution >= 4 is 16.4 Å². The normalized spacial score (nSPS) is 12.1. The largest absolute Gasteiger partial charge is 0.480 e. The fraction of sp³-hybridized carbons (Fsp3) is 0.800. The lowest BCUT2D eigenvalue weighted by Crippen LogP contribution is -2.34. The first-order valence-electron chi connectivity index (χ1n) is 3.24. The number of carbonyl (C=O) groups is 1. The van der Waals surface area contributed by atoms with Gasteiger partial charge in [0.2, 0.25) is 0 Å². The minimum atomic E-state index is -4.67. The van der Waals surface area contributed by atoms with Gasteiger partial charge in [0.25, 0.3) is 0 Å². The van der Waals surface area contributed by atoms with Gasteiger partial charge in [-0.05, 0) is 5.92 Å². The van der Waals surface area contributed by atoms with Crippen molar-refractivity contribution in [1.29, 1.82) is 0 Å². The zero-order chi connectivity index (χ0) is 11.2. The predicted octanol–water partition coefficient (Wildman–Crippen LogP) is -0.436. The zero-order valence-corrected chi connectivity index (χ0v) is 8.73. The van der Waals surface area contributed by atoms with Gasteiger partial charge in [0, 0.05) is 0 Å². The molecule has 0 aliphatic carbocycles. The molecule has 0 aliphatic heterocycles. The number of rotatable bonds is 2. The van der Waals surface area contributed by atoms with Crippen LogP contribution < -0.4 is 11.9 Å². The fourth-order valence-electron chi connectivity index (χ4n) is 0.285. The molecule has 8 N–H and O–H groups in total. The lowest BCUT2D eigenvalue weighted by Gasteiger charge is -2.07. The molecule has 0 saturated carbocycles. The van der Waals surface area contributed by atoms with Crippen molar-refractivity contribution in [2.45, 2.75) is 19.9 Å². The van der Waals surface area contributed by atoms with Crippen LogP contribution in [0.25, 0.3) is 0 Å². The van der Waals surface area contributed by atoms with Crippen LogP contribution in [0, 0.1) is 5.92 Å². The molecule has 0 heterocycles. The molecule has 0 aliphatic rings. The molecule has 14 heavy (non-hydrogen) atoms. The second-order valence-electron chi connectivity index (χ2n) is 2.56. The van der Waals surface area contributed by atoms with E-state index in [4.69, 9.17) is 28.4 Å². The first-order valence-corrected chi connectivity index (χ1v) is 4.63. The van der Waals surface area contributed by atoms with Crippen molar-refractivity contribution in [3.05, 3.63) is 0 Å². The Balaban J connectivity index is -0.000000177. The molecular weight excluding hydrogens is 216 g/mol. The Bertz CT molecular complexity index is 241. The number of hydrogen-bond donors (Lipinski definition) is 5. The van der Waals surface area contributed by atoms with Gasteiger partial charge in [-0.25, -0.2) is 0 Å². The van der Waals surface area contributed by atoms with Crippen molar-refractivity contribution in [3.8, 4) is 0 Å². The Morgan fingerprint density at radius 1 is 1.29 bits per heavy atom. The van der Waals surface area contributed by atoms with Gasteiger partial charge in [0.1, 0.15) is 6.04 Å². The van der Waals surface area contributed by atoms with Gasteiger partial charge in [0.15, 0.2) is 0 Å². The van der Waals surface area contributed by atoms with Crippen LogP contribution in [-0.4, -0.2) is 34.6 Å². The highest BCUT2D eigenvalue weighted by Gasteiger charge is 2.14. The average molecular weight is 232 g/mol. The predicted molar refractivity (Wildman–Crippen MR) is 49.6 cm³/mol. The average Bonchev–Trinajstić information content (AvgIpc) is 1.81. The molecule has 8 nitrogen and oxygen atoms in total. The van der Waals surface area contributed by atoms with Gasteiger partial charge in [-0.15, -0.1) is 0 Å². The van der Waals surface area contributed by atoms with E-state index in [1.807, 2.05) is 0 Å². The summed E-state index contributed by atoms with van der Waals surface area (Å²) in [5.74, 6) is -0.910. The van der Waals surface area contributed by atoms with E-state index in [0.717, 1.165) is 0 Å². The molecule has 0 aromatic heterocycles. The van der Waals surface area contributed by atoms with E-state index in [9.17, 15) is 4.79 Å². The summed E-state index contributed by atoms with van der Waals surface area (Å²) in [7, 11) is -4.67. The quantitative estimate of drug-likeness (QED) is 0.398. The Kier molecular flexibility index (Phi) is 10.3. The Morgan fingerprint density at radius 2 is 1.50 bits per heavy atom. The number of hydrogen-bond acceptors (Lipinski definition) is 5. The maximum absolute atomic E-state index is 10.0. The Hall–Kier alpha value is -0.740. The molecule has 0 fully saturated rings. The summed E-state index contributed by atoms with van der Waals surface area (Å²) < 4.78 is 31.6. The summed E-state index contributed by atoms with van der Waals surface area (Å²) in [6.07, 6.45) is 0. The van der Waals surface area contributed by atoms with Crippen molar-refractivity contribution < 1.29 is 27.4 Å². The molecular formula is C5H16N2O6S. The van der Waals surface area contributed by atoms with Gasteiger partial charge >= 0.3 is 16.4 Å². The molecule has 88 valence electrons. The number of aliphatic carboxylic acids is 1. The maximum atomic E-state index is 10.0. The summed E-state index contributed by atoms with van der Waals surface area (Å²) in [5.41, 5.74) is 5.16. The molecule has 9 heteroatoms. The van der Waals surface area contributed by atoms with Crippen molar-refractivity contribution in [3.63, 3.8) is 0 Å². The highest BCUT2D eigenvalue weighted by Crippen LogP contribution is 1.96. The standard InChI is InChI=1S/C5H11NO2.H3N.H2O4S/c1-3(2)4(6)5(7)8;;1-5(2,3)4/h3-4H,6H2,1-2H3,(H,7,8);1H3;(H2,1,2,3,4). The monoisotopic (exact) mass is 232 g/mol. The highest BCUT2D eigenvalue weighted by molar-refractivity contribution is 7.79. The van der Waals surface area contributed by atoms with Crippen LogP contribution in [0.3, 0.4) is 0 Å². The zero-order valence-electron chi connectivity index (χ0n) is 7.91. The van der Waals surface area contributed by atoms with Gasteiger partial charge in [-0.2, -0.15) is 8.42 Å². The van der Waals surface area contributed by atoms with E-state index >= 15 is 0 Å². The summed E-state index contributed by atoms with van der Waals surface area (Å²) in [6, 6.07) is -0.713. The topological polar surface area (TPSA) is 173 Å². The minimum absolute atomic E-state index is 0. The Labute approximate surface area is 82.3 Å². The van der Waals surface area contributed by atoms with E-state index in [2.05, 4.69) is 0 Å². The van der Waals surface area contributed by atoms with Crippen LogP contribution >= 0.6 is 0 Å². The number of carboxylic acids is 1. The van der Waals surface area contributed by atoms with Gasteiger partial charge in [-0.3, -0.25) is 13.9 Å². The van der Waals surface area contributed by atoms with Gasteiger partial charge in [0.05, 0.1) is 0 Å². The summed E-state index contributed by atoms with van der Waals surface area (Å²) in [4.78, 5) is 10.0. The van der Waals surface area contributed by atoms with Crippen LogP contribution in [0.1, 0.15) is 13.8 Å². The maximum Gasteiger partial charge on any atom is 0.394 e. The molecule has 1 unspecified atom stereocenters. The van der Waals surface area contributed by atoms with Crippen LogP contribution in [-0.2, 0) is 15.2 Å². The van der Waals surface area contributed by atoms with Crippen LogP contribution in [0.5, 0.6) is 0 Å². The molecule has 0 rings (SSSR count). The summed E-state index contributed by atoms with van der Waals surface area (Å²) in [6.45, 7) is 3.55. The van der Waals surface area contributed by atoms with E-state index in [-0.39, 0.29) is 12.1 Å². The van der Waals surface area contributed by atoms with Crippen LogP contribution in [0.2, 0.25) is 0 Å². The third-order valence-corrected chi connectivity index (χ3v) is 1.00. The van der Waals surface area contributed by atoms with Crippen LogP contribution in [0.4, 0.5) is 0 Å². The third-order valence-electron chi connectivity index (χ3n) is 1.00. The second-order valence-corrected chi connectivity index (χ2v) is 3.45. The van der Waals surface area contributed by atoms with E-state index in [1.54, 1.807) is 13.8 Å². The van der Waals surface area contributed by atoms with Gasteiger partial charge < -0.3 is 17.0 Å². The molecule has 0 radical (unpaired) electrons. The molecule has 0 aromatic carbocycles. The summed E-state index contributed by atoms with van der Waals surface area (Å²) in [5, 5.41) is 8.23. The smallest absolute Gasteiger partial charge is 0.394 e. The lowest BCUT2D eigenvalue weighted by molar-refractivity contribution is -0.139. The summed E-state index contributed by atoms with van der Waals surface area (Å²) >= 11 is 0. The first-order chi connectivity index (χ1) is 5.55. The van der Waals surface area contributed by atoms with Gasteiger partial charge in [-0.1, -0.05) is 13.8 Å². The molecule has 0 amide bonds. The van der Waals surface area contributed by atoms with Crippen LogP contribution in [0.15, 0.2) is 0 Å². The SMILES string of the molecule is CC(C)C(N)C(=O)O.N.O=S(=O)(O)O. The molecule has 0 saturated heterocycles. The molecule has 0 aromatic rings. The van der Waals surface area contributed by atoms with E-state index in [1.165, 1.54) is 0 Å². The molecule has 0 spiro atoms. The third kappa shape index (κ3) is 22.5. The fourth-order valence-corrected chi connectivity index (χ4v) is 0.285. The highest BCUT2D eigenvalue weighted by atomic mass is 32.3. The lowest BCUT2D eigenvalue weighted by atomic mass is 10.1. The first kappa shape index (κ1) is 18.9. The minimum Gasteiger partial charge on any atom is -0.480 e. The number of nitrogens with two attached hydrogens (primary N) is 1. The molecule has 0 bridgehead atoms. The second kappa shape index (κ2) is 7.64. The van der Waals surface area contributed by atoms with E-state index < -0.39 is 22.4 Å². The number of carboxylic acid groups (broad SMARTS) is 1. The van der Waals surface area contributed by atoms with Crippen molar-refractivity contribution in [2.24, 2.45) is 11.7 Å². The van der Waals surface area contributed by atoms with Crippen molar-refractivity contribution in [2.75, 3.05) is 0 Å². The van der Waals surface area contributed by atoms with Crippen molar-refractivity contribution in [1.82, 2.24) is 6.15 Å².